The van der Waals surface area contributed by atoms with Gasteiger partial charge in [0.05, 0.1) is 17.2 Å². The first-order valence-corrected chi connectivity index (χ1v) is 10.0. The third kappa shape index (κ3) is 5.16. The van der Waals surface area contributed by atoms with E-state index in [0.29, 0.717) is 43.2 Å². The molecule has 0 atom stereocenters. The van der Waals surface area contributed by atoms with E-state index in [9.17, 15) is 14.4 Å². The summed E-state index contributed by atoms with van der Waals surface area (Å²) in [5, 5.41) is 2.88. The van der Waals surface area contributed by atoms with Gasteiger partial charge in [0.15, 0.2) is 0 Å². The largest absolute Gasteiger partial charge is 0.378 e. The summed E-state index contributed by atoms with van der Waals surface area (Å²) < 4.78 is 5.83. The maximum Gasteiger partial charge on any atom is 0.261 e. The molecule has 1 aromatic rings. The van der Waals surface area contributed by atoms with Gasteiger partial charge in [-0.05, 0) is 37.8 Å². The van der Waals surface area contributed by atoms with Gasteiger partial charge in [0, 0.05) is 26.1 Å². The average molecular weight is 372 g/mol. The second-order valence-corrected chi connectivity index (χ2v) is 7.25. The van der Waals surface area contributed by atoms with E-state index in [1.165, 1.54) is 24.2 Å². The molecule has 1 heterocycles. The van der Waals surface area contributed by atoms with E-state index in [1.54, 1.807) is 24.3 Å². The number of benzene rings is 1. The summed E-state index contributed by atoms with van der Waals surface area (Å²) in [5.74, 6) is -0.587. The van der Waals surface area contributed by atoms with Gasteiger partial charge in [-0.2, -0.15) is 0 Å². The minimum atomic E-state index is -0.268. The van der Waals surface area contributed by atoms with Gasteiger partial charge in [-0.25, -0.2) is 0 Å². The zero-order valence-electron chi connectivity index (χ0n) is 15.7. The quantitative estimate of drug-likeness (QED) is 0.534. The molecule has 0 bridgehead atoms. The number of nitrogens with zero attached hydrogens (tertiary/aromatic N) is 1. The fourth-order valence-electron chi connectivity index (χ4n) is 3.71. The summed E-state index contributed by atoms with van der Waals surface area (Å²) >= 11 is 0. The molecule has 6 heteroatoms. The van der Waals surface area contributed by atoms with E-state index < -0.39 is 0 Å². The van der Waals surface area contributed by atoms with Gasteiger partial charge in [0.1, 0.15) is 0 Å². The Balaban J connectivity index is 1.28. The van der Waals surface area contributed by atoms with Crippen molar-refractivity contribution in [1.82, 2.24) is 10.2 Å². The van der Waals surface area contributed by atoms with E-state index in [-0.39, 0.29) is 24.3 Å². The molecule has 1 aliphatic heterocycles. The minimum absolute atomic E-state index is 0.0516. The molecule has 1 fully saturated rings. The predicted molar refractivity (Wildman–Crippen MR) is 101 cm³/mol. The lowest BCUT2D eigenvalue weighted by atomic mass is 9.98. The van der Waals surface area contributed by atoms with Crippen LogP contribution in [0.15, 0.2) is 24.3 Å². The lowest BCUT2D eigenvalue weighted by Gasteiger charge is -2.21. The molecule has 1 saturated carbocycles. The Kier molecular flexibility index (Phi) is 6.98. The zero-order valence-corrected chi connectivity index (χ0v) is 15.7. The van der Waals surface area contributed by atoms with Crippen molar-refractivity contribution in [3.8, 4) is 0 Å². The Morgan fingerprint density at radius 1 is 1.04 bits per heavy atom. The summed E-state index contributed by atoms with van der Waals surface area (Å²) in [4.78, 5) is 37.7. The molecule has 3 rings (SSSR count). The molecule has 1 N–H and O–H groups in total. The first-order valence-electron chi connectivity index (χ1n) is 10.0. The minimum Gasteiger partial charge on any atom is -0.378 e. The van der Waals surface area contributed by atoms with Crippen LogP contribution in [0.1, 0.15) is 72.1 Å². The third-order valence-electron chi connectivity index (χ3n) is 5.21. The monoisotopic (exact) mass is 372 g/mol. The maximum atomic E-state index is 12.2. The molecule has 27 heavy (non-hydrogen) atoms. The van der Waals surface area contributed by atoms with E-state index in [0.717, 1.165) is 19.3 Å². The summed E-state index contributed by atoms with van der Waals surface area (Å²) in [6.45, 7) is 1.54. The SMILES string of the molecule is O=C(CCCN1C(=O)c2ccccc2C1=O)NCCCOC1CCCCC1. The van der Waals surface area contributed by atoms with Crippen LogP contribution >= 0.6 is 0 Å². The topological polar surface area (TPSA) is 75.7 Å². The van der Waals surface area contributed by atoms with Crippen LogP contribution < -0.4 is 5.32 Å². The summed E-state index contributed by atoms with van der Waals surface area (Å²) in [7, 11) is 0. The zero-order chi connectivity index (χ0) is 19.1. The van der Waals surface area contributed by atoms with Crippen molar-refractivity contribution >= 4 is 17.7 Å². The molecule has 0 aromatic heterocycles. The van der Waals surface area contributed by atoms with Crippen LogP contribution in [0.2, 0.25) is 0 Å². The number of hydrogen-bond donors (Lipinski definition) is 1. The molecule has 0 unspecified atom stereocenters. The predicted octanol–water partition coefficient (Wildman–Crippen LogP) is 2.92. The Morgan fingerprint density at radius 3 is 2.37 bits per heavy atom. The van der Waals surface area contributed by atoms with Crippen molar-refractivity contribution in [3.05, 3.63) is 35.4 Å². The lowest BCUT2D eigenvalue weighted by Crippen LogP contribution is -2.32. The fourth-order valence-corrected chi connectivity index (χ4v) is 3.71. The number of carbonyl (C=O) groups is 3. The van der Waals surface area contributed by atoms with Crippen molar-refractivity contribution in [2.24, 2.45) is 0 Å². The van der Waals surface area contributed by atoms with Crippen LogP contribution in [0.3, 0.4) is 0 Å². The van der Waals surface area contributed by atoms with Crippen LogP contribution in [-0.4, -0.2) is 48.4 Å². The molecule has 1 aliphatic carbocycles. The van der Waals surface area contributed by atoms with Crippen LogP contribution in [0.5, 0.6) is 0 Å². The highest BCUT2D eigenvalue weighted by atomic mass is 16.5. The molecule has 6 nitrogen and oxygen atoms in total. The first-order chi connectivity index (χ1) is 13.2. The van der Waals surface area contributed by atoms with Crippen molar-refractivity contribution in [3.63, 3.8) is 0 Å². The molecule has 0 saturated heterocycles. The highest BCUT2D eigenvalue weighted by Crippen LogP contribution is 2.22. The second-order valence-electron chi connectivity index (χ2n) is 7.25. The standard InChI is InChI=1S/C21H28N2O4/c24-19(22-13-7-15-27-16-8-2-1-3-9-16)12-6-14-23-20(25)17-10-4-5-11-18(17)21(23)26/h4-5,10-11,16H,1-3,6-9,12-15H2,(H,22,24). The molecule has 3 amide bonds. The lowest BCUT2D eigenvalue weighted by molar-refractivity contribution is -0.121. The van der Waals surface area contributed by atoms with Crippen molar-refractivity contribution in [2.45, 2.75) is 57.5 Å². The molecule has 146 valence electrons. The van der Waals surface area contributed by atoms with E-state index in [4.69, 9.17) is 4.74 Å². The van der Waals surface area contributed by atoms with Gasteiger partial charge < -0.3 is 10.1 Å². The Hall–Kier alpha value is -2.21. The number of ether oxygens (including phenoxy) is 1. The number of amides is 3. The molecular weight excluding hydrogens is 344 g/mol. The summed E-state index contributed by atoms with van der Waals surface area (Å²) in [6.07, 6.45) is 8.12. The van der Waals surface area contributed by atoms with Crippen LogP contribution in [-0.2, 0) is 9.53 Å². The second kappa shape index (κ2) is 9.65. The van der Waals surface area contributed by atoms with Gasteiger partial charge in [-0.1, -0.05) is 31.4 Å². The van der Waals surface area contributed by atoms with Gasteiger partial charge in [-0.3, -0.25) is 19.3 Å². The van der Waals surface area contributed by atoms with E-state index in [2.05, 4.69) is 5.32 Å². The van der Waals surface area contributed by atoms with Crippen LogP contribution in [0, 0.1) is 0 Å². The highest BCUT2D eigenvalue weighted by Gasteiger charge is 2.34. The summed E-state index contributed by atoms with van der Waals surface area (Å²) in [6, 6.07) is 6.83. The van der Waals surface area contributed by atoms with Gasteiger partial charge in [-0.15, -0.1) is 0 Å². The third-order valence-corrected chi connectivity index (χ3v) is 5.21. The normalized spacial score (nSPS) is 17.3. The van der Waals surface area contributed by atoms with Crippen molar-refractivity contribution < 1.29 is 19.1 Å². The smallest absolute Gasteiger partial charge is 0.261 e. The van der Waals surface area contributed by atoms with E-state index >= 15 is 0 Å². The number of carbonyl (C=O) groups excluding carboxylic acids is 3. The Morgan fingerprint density at radius 2 is 1.70 bits per heavy atom. The van der Waals surface area contributed by atoms with E-state index in [1.807, 2.05) is 0 Å². The van der Waals surface area contributed by atoms with Crippen LogP contribution in [0.4, 0.5) is 0 Å². The highest BCUT2D eigenvalue weighted by molar-refractivity contribution is 6.21. The average Bonchev–Trinajstić information content (AvgIpc) is 2.94. The van der Waals surface area contributed by atoms with Crippen molar-refractivity contribution in [2.75, 3.05) is 19.7 Å². The molecule has 1 aromatic carbocycles. The molecule has 0 radical (unpaired) electrons. The number of rotatable bonds is 9. The molecule has 0 spiro atoms. The molecular formula is C21H28N2O4. The Bertz CT molecular complexity index is 648. The number of imide groups is 1. The van der Waals surface area contributed by atoms with Gasteiger partial charge in [0.25, 0.3) is 11.8 Å². The first kappa shape index (κ1) is 19.5. The fraction of sp³-hybridized carbons (Fsp3) is 0.571. The number of fused-ring (bicyclic) bond motifs is 1. The molecule has 2 aliphatic rings. The number of nitrogens with one attached hydrogen (secondary N) is 1. The Labute approximate surface area is 160 Å². The number of hydrogen-bond acceptors (Lipinski definition) is 4. The van der Waals surface area contributed by atoms with Crippen molar-refractivity contribution in [1.29, 1.82) is 0 Å². The van der Waals surface area contributed by atoms with Gasteiger partial charge in [0.2, 0.25) is 5.91 Å². The summed E-state index contributed by atoms with van der Waals surface area (Å²) in [5.41, 5.74) is 0.898. The van der Waals surface area contributed by atoms with Gasteiger partial charge >= 0.3 is 0 Å². The maximum absolute atomic E-state index is 12.2. The van der Waals surface area contributed by atoms with Crippen LogP contribution in [0.25, 0.3) is 0 Å².